The van der Waals surface area contributed by atoms with Gasteiger partial charge in [-0.25, -0.2) is 5.84 Å². The Morgan fingerprint density at radius 2 is 1.96 bits per heavy atom. The van der Waals surface area contributed by atoms with Gasteiger partial charge in [-0.2, -0.15) is 18.3 Å². The van der Waals surface area contributed by atoms with E-state index in [0.29, 0.717) is 11.4 Å². The predicted molar refractivity (Wildman–Crippen MR) is 99.4 cm³/mol. The zero-order valence-electron chi connectivity index (χ0n) is 13.8. The monoisotopic (exact) mass is 400 g/mol. The number of hydrogen-bond acceptors (Lipinski definition) is 5. The van der Waals surface area contributed by atoms with Crippen LogP contribution in [-0.2, 0) is 11.0 Å². The fourth-order valence-electron chi connectivity index (χ4n) is 2.12. The third kappa shape index (κ3) is 5.76. The van der Waals surface area contributed by atoms with Crippen molar-refractivity contribution in [1.82, 2.24) is 0 Å². The molecule has 6 N–H and O–H groups in total. The number of benzene rings is 2. The van der Waals surface area contributed by atoms with Crippen molar-refractivity contribution in [3.05, 3.63) is 53.1 Å². The zero-order valence-corrected chi connectivity index (χ0v) is 14.6. The van der Waals surface area contributed by atoms with Crippen LogP contribution in [0, 0.1) is 0 Å². The third-order valence-corrected chi connectivity index (χ3v) is 3.67. The predicted octanol–water partition coefficient (Wildman–Crippen LogP) is 2.99. The summed E-state index contributed by atoms with van der Waals surface area (Å²) in [5.41, 5.74) is 0.0875. The Morgan fingerprint density at radius 1 is 1.22 bits per heavy atom. The van der Waals surface area contributed by atoms with E-state index in [-0.39, 0.29) is 12.2 Å². The number of carbonyl (C=O) groups is 1. The van der Waals surface area contributed by atoms with Gasteiger partial charge in [0.05, 0.1) is 22.8 Å². The number of hydrazone groups is 1. The highest BCUT2D eigenvalue weighted by Gasteiger charge is 2.33. The first-order valence-electron chi connectivity index (χ1n) is 7.48. The zero-order chi connectivity index (χ0) is 20.0. The largest absolute Gasteiger partial charge is 0.417 e. The van der Waals surface area contributed by atoms with Crippen molar-refractivity contribution in [3.63, 3.8) is 0 Å². The van der Waals surface area contributed by atoms with Crippen molar-refractivity contribution in [2.75, 3.05) is 22.2 Å². The average Bonchev–Trinajstić information content (AvgIpc) is 2.60. The maximum atomic E-state index is 12.9. The van der Waals surface area contributed by atoms with E-state index in [1.54, 1.807) is 24.3 Å². The number of nitrogens with zero attached hydrogens (tertiary/aromatic N) is 2. The minimum absolute atomic E-state index is 0.114. The molecule has 0 aliphatic rings. The fraction of sp³-hybridized carbons (Fsp3) is 0.125. The smallest absolute Gasteiger partial charge is 0.376 e. The van der Waals surface area contributed by atoms with Gasteiger partial charge in [0.2, 0.25) is 5.91 Å². The Morgan fingerprint density at radius 3 is 2.63 bits per heavy atom. The molecule has 0 atom stereocenters. The van der Waals surface area contributed by atoms with E-state index in [1.807, 2.05) is 0 Å². The normalized spacial score (nSPS) is 11.4. The van der Waals surface area contributed by atoms with Crippen molar-refractivity contribution in [1.29, 1.82) is 0 Å². The van der Waals surface area contributed by atoms with Crippen LogP contribution in [-0.4, -0.2) is 18.8 Å². The summed E-state index contributed by atoms with van der Waals surface area (Å²) in [5, 5.41) is 9.24. The minimum Gasteiger partial charge on any atom is -0.376 e. The number of halogens is 4. The van der Waals surface area contributed by atoms with Gasteiger partial charge >= 0.3 is 6.18 Å². The van der Waals surface area contributed by atoms with Crippen LogP contribution in [0.15, 0.2) is 47.6 Å². The molecule has 0 aliphatic heterocycles. The second kappa shape index (κ2) is 8.60. The molecular formula is C16H16ClF3N6O. The molecule has 7 nitrogen and oxygen atoms in total. The van der Waals surface area contributed by atoms with E-state index in [4.69, 9.17) is 23.3 Å². The topological polar surface area (TPSA) is 109 Å². The Kier molecular flexibility index (Phi) is 6.48. The van der Waals surface area contributed by atoms with Crippen LogP contribution in [0.2, 0.25) is 5.02 Å². The lowest BCUT2D eigenvalue weighted by atomic mass is 10.2. The number of rotatable bonds is 6. The van der Waals surface area contributed by atoms with Gasteiger partial charge in [-0.3, -0.25) is 9.80 Å². The quantitative estimate of drug-likeness (QED) is 0.258. The molecule has 0 radical (unpaired) electrons. The molecule has 144 valence electrons. The molecular weight excluding hydrogens is 385 g/mol. The first-order valence-corrected chi connectivity index (χ1v) is 7.86. The standard InChI is InChI=1S/C16H16ClF3N6O/c17-14-5-4-10(7-13(14)16(18,19)20)23-8-15(27)25-11-2-1-3-12(6-11)26(22)9-24-21/h1-7,9,23H,8,21-22H2,(H,25,27)/b24-9-. The molecule has 0 heterocycles. The first-order chi connectivity index (χ1) is 12.7. The molecule has 0 fully saturated rings. The number of carbonyl (C=O) groups excluding carboxylic acids is 1. The summed E-state index contributed by atoms with van der Waals surface area (Å²) in [4.78, 5) is 12.0. The Bertz CT molecular complexity index is 843. The number of nitrogens with two attached hydrogens (primary N) is 2. The Hall–Kier alpha value is -2.98. The summed E-state index contributed by atoms with van der Waals surface area (Å²) in [5.74, 6) is 10.2. The summed E-state index contributed by atoms with van der Waals surface area (Å²) in [6, 6.07) is 9.82. The average molecular weight is 401 g/mol. The number of amides is 1. The van der Waals surface area contributed by atoms with Gasteiger partial charge in [-0.05, 0) is 36.4 Å². The highest BCUT2D eigenvalue weighted by Crippen LogP contribution is 2.36. The van der Waals surface area contributed by atoms with Crippen LogP contribution in [0.4, 0.5) is 30.2 Å². The van der Waals surface area contributed by atoms with Crippen molar-refractivity contribution in [3.8, 4) is 0 Å². The van der Waals surface area contributed by atoms with Crippen LogP contribution >= 0.6 is 11.6 Å². The van der Waals surface area contributed by atoms with Gasteiger partial charge in [0.25, 0.3) is 0 Å². The van der Waals surface area contributed by atoms with E-state index in [2.05, 4.69) is 15.7 Å². The van der Waals surface area contributed by atoms with Crippen LogP contribution in [0.25, 0.3) is 0 Å². The third-order valence-electron chi connectivity index (χ3n) is 3.34. The van der Waals surface area contributed by atoms with Gasteiger partial charge in [0, 0.05) is 11.4 Å². The first kappa shape index (κ1) is 20.3. The van der Waals surface area contributed by atoms with E-state index < -0.39 is 22.7 Å². The highest BCUT2D eigenvalue weighted by atomic mass is 35.5. The molecule has 0 saturated heterocycles. The second-order valence-electron chi connectivity index (χ2n) is 5.32. The van der Waals surface area contributed by atoms with Gasteiger partial charge in [0.1, 0.15) is 6.34 Å². The van der Waals surface area contributed by atoms with Crippen molar-refractivity contribution < 1.29 is 18.0 Å². The highest BCUT2D eigenvalue weighted by molar-refractivity contribution is 6.31. The van der Waals surface area contributed by atoms with Crippen molar-refractivity contribution in [2.24, 2.45) is 16.8 Å². The summed E-state index contributed by atoms with van der Waals surface area (Å²) >= 11 is 5.56. The van der Waals surface area contributed by atoms with Gasteiger partial charge in [0.15, 0.2) is 0 Å². The van der Waals surface area contributed by atoms with E-state index in [0.717, 1.165) is 17.1 Å². The summed E-state index contributed by atoms with van der Waals surface area (Å²) in [6.07, 6.45) is -3.40. The maximum Gasteiger partial charge on any atom is 0.417 e. The molecule has 0 spiro atoms. The van der Waals surface area contributed by atoms with Gasteiger partial charge < -0.3 is 16.5 Å². The lowest BCUT2D eigenvalue weighted by Gasteiger charge is -2.14. The summed E-state index contributed by atoms with van der Waals surface area (Å²) < 4.78 is 38.6. The van der Waals surface area contributed by atoms with Crippen LogP contribution in [0.1, 0.15) is 5.56 Å². The molecule has 1 amide bonds. The number of hydrogen-bond donors (Lipinski definition) is 4. The summed E-state index contributed by atoms with van der Waals surface area (Å²) in [6.45, 7) is -0.250. The molecule has 0 saturated carbocycles. The van der Waals surface area contributed by atoms with Crippen LogP contribution < -0.4 is 27.3 Å². The molecule has 0 aliphatic carbocycles. The number of nitrogens with one attached hydrogen (secondary N) is 2. The molecule has 0 unspecified atom stereocenters. The lowest BCUT2D eigenvalue weighted by Crippen LogP contribution is -2.29. The molecule has 2 aromatic rings. The number of hydrazine groups is 1. The Labute approximate surface area is 157 Å². The van der Waals surface area contributed by atoms with Crippen molar-refractivity contribution >= 4 is 40.9 Å². The SMILES string of the molecule is N/N=C\N(N)c1cccc(NC(=O)CNc2ccc(Cl)c(C(F)(F)F)c2)c1. The fourth-order valence-corrected chi connectivity index (χ4v) is 2.35. The molecule has 2 aromatic carbocycles. The van der Waals surface area contributed by atoms with Gasteiger partial charge in [-0.1, -0.05) is 17.7 Å². The van der Waals surface area contributed by atoms with E-state index >= 15 is 0 Å². The lowest BCUT2D eigenvalue weighted by molar-refractivity contribution is -0.137. The maximum absolute atomic E-state index is 12.9. The van der Waals surface area contributed by atoms with E-state index in [9.17, 15) is 18.0 Å². The van der Waals surface area contributed by atoms with Crippen LogP contribution in [0.3, 0.4) is 0 Å². The molecule has 0 aromatic heterocycles. The number of anilines is 3. The molecule has 0 bridgehead atoms. The summed E-state index contributed by atoms with van der Waals surface area (Å²) in [7, 11) is 0. The van der Waals surface area contributed by atoms with E-state index in [1.165, 1.54) is 12.4 Å². The number of alkyl halides is 3. The van der Waals surface area contributed by atoms with Gasteiger partial charge in [-0.15, -0.1) is 0 Å². The second-order valence-corrected chi connectivity index (χ2v) is 5.72. The Balaban J connectivity index is 2.00. The molecule has 2 rings (SSSR count). The van der Waals surface area contributed by atoms with Crippen LogP contribution in [0.5, 0.6) is 0 Å². The van der Waals surface area contributed by atoms with Crippen molar-refractivity contribution in [2.45, 2.75) is 6.18 Å². The molecule has 27 heavy (non-hydrogen) atoms. The molecule has 11 heteroatoms. The minimum atomic E-state index is -4.58.